The Morgan fingerprint density at radius 3 is 2.19 bits per heavy atom. The van der Waals surface area contributed by atoms with E-state index >= 15 is 0 Å². The molecule has 1 saturated heterocycles. The van der Waals surface area contributed by atoms with Crippen LogP contribution < -0.4 is 5.56 Å². The lowest BCUT2D eigenvalue weighted by Crippen LogP contribution is -2.36. The van der Waals surface area contributed by atoms with Crippen molar-refractivity contribution in [1.82, 2.24) is 9.47 Å². The van der Waals surface area contributed by atoms with Crippen molar-refractivity contribution >= 4 is 22.6 Å². The first-order valence-electron chi connectivity index (χ1n) is 11.1. The zero-order chi connectivity index (χ0) is 22.7. The Balaban J connectivity index is 1.72. The zero-order valence-corrected chi connectivity index (χ0v) is 18.6. The fourth-order valence-electron chi connectivity index (χ4n) is 4.32. The molecule has 3 aromatic rings. The Hall–Kier alpha value is -3.41. The molecule has 1 aromatic heterocycles. The van der Waals surface area contributed by atoms with E-state index in [0.29, 0.717) is 29.4 Å². The molecule has 0 spiro atoms. The molecule has 0 unspecified atom stereocenters. The average molecular weight is 433 g/mol. The molecule has 4 rings (SSSR count). The highest BCUT2D eigenvalue weighted by molar-refractivity contribution is 6.07. The standard InChI is InChI=1S/C26H28N2O4/c1-18-11-13-19(14-12-18)23-20-9-5-6-10-21(20)25(30)27(2)24(23)26(31)32-17-22(29)28-15-7-3-4-8-16-28/h5-6,9-14H,3-4,7-8,15-17H2,1-2H3. The van der Waals surface area contributed by atoms with Crippen molar-refractivity contribution in [2.75, 3.05) is 19.7 Å². The first kappa shape index (κ1) is 21.8. The average Bonchev–Trinajstić information content (AvgIpc) is 3.10. The van der Waals surface area contributed by atoms with E-state index in [9.17, 15) is 14.4 Å². The number of pyridine rings is 1. The van der Waals surface area contributed by atoms with E-state index in [2.05, 4.69) is 0 Å². The maximum absolute atomic E-state index is 13.2. The maximum Gasteiger partial charge on any atom is 0.356 e. The Morgan fingerprint density at radius 2 is 1.53 bits per heavy atom. The molecule has 0 aliphatic carbocycles. The molecule has 1 amide bonds. The van der Waals surface area contributed by atoms with Gasteiger partial charge in [-0.1, -0.05) is 60.9 Å². The van der Waals surface area contributed by atoms with Crippen molar-refractivity contribution < 1.29 is 14.3 Å². The SMILES string of the molecule is Cc1ccc(-c2c(C(=O)OCC(=O)N3CCCCCC3)n(C)c(=O)c3ccccc23)cc1. The minimum Gasteiger partial charge on any atom is -0.451 e. The predicted octanol–water partition coefficient (Wildman–Crippen LogP) is 4.07. The number of nitrogens with zero attached hydrogens (tertiary/aromatic N) is 2. The molecule has 1 aliphatic heterocycles. The van der Waals surface area contributed by atoms with Gasteiger partial charge in [-0.2, -0.15) is 0 Å². The number of hydrogen-bond acceptors (Lipinski definition) is 4. The van der Waals surface area contributed by atoms with Gasteiger partial charge >= 0.3 is 5.97 Å². The van der Waals surface area contributed by atoms with Crippen LogP contribution in [0.1, 0.15) is 41.7 Å². The summed E-state index contributed by atoms with van der Waals surface area (Å²) in [7, 11) is 1.57. The maximum atomic E-state index is 13.2. The molecule has 1 aliphatic rings. The number of aryl methyl sites for hydroxylation is 1. The number of ether oxygens (including phenoxy) is 1. The monoisotopic (exact) mass is 432 g/mol. The second-order valence-electron chi connectivity index (χ2n) is 8.37. The number of carbonyl (C=O) groups is 2. The predicted molar refractivity (Wildman–Crippen MR) is 125 cm³/mol. The van der Waals surface area contributed by atoms with Crippen molar-refractivity contribution in [3.8, 4) is 11.1 Å². The topological polar surface area (TPSA) is 68.6 Å². The summed E-state index contributed by atoms with van der Waals surface area (Å²) in [4.78, 5) is 40.6. The molecular formula is C26H28N2O4. The number of fused-ring (bicyclic) bond motifs is 1. The van der Waals surface area contributed by atoms with Gasteiger partial charge in [0.05, 0.1) is 0 Å². The first-order valence-corrected chi connectivity index (χ1v) is 11.1. The Morgan fingerprint density at radius 1 is 0.906 bits per heavy atom. The number of likely N-dealkylation sites (tertiary alicyclic amines) is 1. The summed E-state index contributed by atoms with van der Waals surface area (Å²) < 4.78 is 6.79. The van der Waals surface area contributed by atoms with Crippen LogP contribution in [0.25, 0.3) is 21.9 Å². The third kappa shape index (κ3) is 4.31. The number of esters is 1. The van der Waals surface area contributed by atoms with Crippen molar-refractivity contribution in [2.45, 2.75) is 32.6 Å². The molecule has 2 heterocycles. The lowest BCUT2D eigenvalue weighted by atomic mass is 9.96. The number of amides is 1. The van der Waals surface area contributed by atoms with Gasteiger partial charge in [-0.25, -0.2) is 4.79 Å². The van der Waals surface area contributed by atoms with Crippen LogP contribution in [0.2, 0.25) is 0 Å². The van der Waals surface area contributed by atoms with Gasteiger partial charge < -0.3 is 14.2 Å². The normalized spacial score (nSPS) is 14.2. The van der Waals surface area contributed by atoms with Crippen LogP contribution >= 0.6 is 0 Å². The van der Waals surface area contributed by atoms with Gasteiger partial charge in [0.2, 0.25) is 0 Å². The molecule has 1 fully saturated rings. The third-order valence-corrected chi connectivity index (χ3v) is 6.12. The van der Waals surface area contributed by atoms with Gasteiger partial charge in [0.25, 0.3) is 11.5 Å². The quantitative estimate of drug-likeness (QED) is 0.583. The molecule has 0 radical (unpaired) electrons. The lowest BCUT2D eigenvalue weighted by Gasteiger charge is -2.21. The summed E-state index contributed by atoms with van der Waals surface area (Å²) >= 11 is 0. The van der Waals surface area contributed by atoms with E-state index in [1.54, 1.807) is 24.1 Å². The van der Waals surface area contributed by atoms with Gasteiger partial charge in [-0.15, -0.1) is 0 Å². The van der Waals surface area contributed by atoms with Crippen molar-refractivity contribution in [3.63, 3.8) is 0 Å². The van der Waals surface area contributed by atoms with E-state index in [4.69, 9.17) is 4.74 Å². The van der Waals surface area contributed by atoms with Gasteiger partial charge in [0.15, 0.2) is 6.61 Å². The summed E-state index contributed by atoms with van der Waals surface area (Å²) in [5.74, 6) is -0.864. The van der Waals surface area contributed by atoms with Crippen LogP contribution in [0, 0.1) is 6.92 Å². The van der Waals surface area contributed by atoms with Crippen molar-refractivity contribution in [2.24, 2.45) is 7.05 Å². The van der Waals surface area contributed by atoms with Gasteiger partial charge in [0, 0.05) is 31.1 Å². The molecule has 6 heteroatoms. The van der Waals surface area contributed by atoms with E-state index < -0.39 is 5.97 Å². The summed E-state index contributed by atoms with van der Waals surface area (Å²) in [5.41, 5.74) is 2.42. The Labute approximate surface area is 187 Å². The molecule has 2 aromatic carbocycles. The van der Waals surface area contributed by atoms with E-state index in [1.165, 1.54) is 4.57 Å². The highest BCUT2D eigenvalue weighted by Gasteiger charge is 2.24. The molecule has 166 valence electrons. The largest absolute Gasteiger partial charge is 0.451 e. The lowest BCUT2D eigenvalue weighted by molar-refractivity contribution is -0.134. The summed E-state index contributed by atoms with van der Waals surface area (Å²) in [6, 6.07) is 15.0. The summed E-state index contributed by atoms with van der Waals surface area (Å²) in [6.45, 7) is 3.05. The highest BCUT2D eigenvalue weighted by Crippen LogP contribution is 2.31. The van der Waals surface area contributed by atoms with E-state index in [0.717, 1.165) is 36.8 Å². The van der Waals surface area contributed by atoms with Crippen molar-refractivity contribution in [3.05, 3.63) is 70.1 Å². The van der Waals surface area contributed by atoms with E-state index in [-0.39, 0.29) is 23.8 Å². The Kier molecular flexibility index (Phi) is 6.40. The number of carbonyl (C=O) groups excluding carboxylic acids is 2. The van der Waals surface area contributed by atoms with E-state index in [1.807, 2.05) is 43.3 Å². The molecular weight excluding hydrogens is 404 g/mol. The summed E-state index contributed by atoms with van der Waals surface area (Å²) in [6.07, 6.45) is 4.16. The zero-order valence-electron chi connectivity index (χ0n) is 18.6. The van der Waals surface area contributed by atoms with Crippen LogP contribution in [0.15, 0.2) is 53.3 Å². The van der Waals surface area contributed by atoms with Gasteiger partial charge in [0.1, 0.15) is 5.69 Å². The van der Waals surface area contributed by atoms with Crippen LogP contribution in [0.5, 0.6) is 0 Å². The second-order valence-corrected chi connectivity index (χ2v) is 8.37. The second kappa shape index (κ2) is 9.39. The number of aromatic nitrogens is 1. The molecule has 32 heavy (non-hydrogen) atoms. The molecule has 0 N–H and O–H groups in total. The first-order chi connectivity index (χ1) is 15.5. The minimum atomic E-state index is -0.672. The van der Waals surface area contributed by atoms with Crippen LogP contribution in [0.3, 0.4) is 0 Å². The fourth-order valence-corrected chi connectivity index (χ4v) is 4.32. The number of rotatable bonds is 4. The van der Waals surface area contributed by atoms with Crippen molar-refractivity contribution in [1.29, 1.82) is 0 Å². The third-order valence-electron chi connectivity index (χ3n) is 6.12. The van der Waals surface area contributed by atoms with Crippen LogP contribution in [-0.2, 0) is 16.6 Å². The number of hydrogen-bond donors (Lipinski definition) is 0. The van der Waals surface area contributed by atoms with Gasteiger partial charge in [-0.05, 0) is 36.8 Å². The Bertz CT molecular complexity index is 1200. The van der Waals surface area contributed by atoms with Crippen LogP contribution in [-0.4, -0.2) is 41.0 Å². The minimum absolute atomic E-state index is 0.154. The molecule has 0 atom stereocenters. The fraction of sp³-hybridized carbons (Fsp3) is 0.346. The van der Waals surface area contributed by atoms with Gasteiger partial charge in [-0.3, -0.25) is 9.59 Å². The molecule has 6 nitrogen and oxygen atoms in total. The smallest absolute Gasteiger partial charge is 0.356 e. The van der Waals surface area contributed by atoms with Crippen LogP contribution in [0.4, 0.5) is 0 Å². The molecule has 0 saturated carbocycles. The highest BCUT2D eigenvalue weighted by atomic mass is 16.5. The summed E-state index contributed by atoms with van der Waals surface area (Å²) in [5, 5.41) is 1.22. The number of benzene rings is 2. The molecule has 0 bridgehead atoms.